The lowest BCUT2D eigenvalue weighted by molar-refractivity contribution is 0.470. The van der Waals surface area contributed by atoms with Crippen LogP contribution in [-0.4, -0.2) is 31.3 Å². The normalized spacial score (nSPS) is 17.4. The van der Waals surface area contributed by atoms with Gasteiger partial charge in [0.05, 0.1) is 5.69 Å². The molecule has 1 radical (unpaired) electrons. The van der Waals surface area contributed by atoms with Gasteiger partial charge in [-0.1, -0.05) is 12.1 Å². The summed E-state index contributed by atoms with van der Waals surface area (Å²) in [7, 11) is 0. The Morgan fingerprint density at radius 1 is 1.15 bits per heavy atom. The van der Waals surface area contributed by atoms with Crippen molar-refractivity contribution in [2.75, 3.05) is 31.1 Å². The molecular formula is C10H13N2O. The maximum Gasteiger partial charge on any atom is 0.138 e. The molecule has 1 aliphatic rings. The zero-order valence-electron chi connectivity index (χ0n) is 7.48. The maximum absolute atomic E-state index is 9.59. The Balaban J connectivity index is 2.18. The quantitative estimate of drug-likeness (QED) is 0.689. The summed E-state index contributed by atoms with van der Waals surface area (Å²) in [6.45, 7) is 3.57. The molecule has 3 heteroatoms. The van der Waals surface area contributed by atoms with Crippen molar-refractivity contribution in [1.82, 2.24) is 5.32 Å². The fourth-order valence-electron chi connectivity index (χ4n) is 1.58. The van der Waals surface area contributed by atoms with Gasteiger partial charge in [-0.3, -0.25) is 0 Å². The second kappa shape index (κ2) is 3.66. The van der Waals surface area contributed by atoms with Gasteiger partial charge in [0, 0.05) is 26.2 Å². The molecule has 69 valence electrons. The fraction of sp³-hybridized carbons (Fsp3) is 0.400. The Labute approximate surface area is 78.0 Å². The minimum absolute atomic E-state index is 0.365. The first kappa shape index (κ1) is 8.38. The highest BCUT2D eigenvalue weighted by Crippen LogP contribution is 2.26. The first-order chi connectivity index (χ1) is 6.38. The van der Waals surface area contributed by atoms with E-state index in [1.165, 1.54) is 0 Å². The highest BCUT2D eigenvalue weighted by atomic mass is 16.3. The number of hydrogen-bond acceptors (Lipinski definition) is 2. The Bertz CT molecular complexity index is 282. The van der Waals surface area contributed by atoms with Crippen LogP contribution >= 0.6 is 0 Å². The molecule has 13 heavy (non-hydrogen) atoms. The molecule has 0 aliphatic carbocycles. The van der Waals surface area contributed by atoms with Gasteiger partial charge in [0.2, 0.25) is 0 Å². The molecule has 0 bridgehead atoms. The smallest absolute Gasteiger partial charge is 0.138 e. The maximum atomic E-state index is 9.59. The van der Waals surface area contributed by atoms with Crippen LogP contribution in [0.1, 0.15) is 0 Å². The zero-order valence-corrected chi connectivity index (χ0v) is 7.48. The summed E-state index contributed by atoms with van der Waals surface area (Å²) >= 11 is 0. The summed E-state index contributed by atoms with van der Waals surface area (Å²) in [5, 5.41) is 13.8. The second-order valence-corrected chi connectivity index (χ2v) is 3.15. The molecule has 0 aromatic heterocycles. The van der Waals surface area contributed by atoms with Gasteiger partial charge in [-0.05, 0) is 12.1 Å². The summed E-state index contributed by atoms with van der Waals surface area (Å²) in [6, 6.07) is 7.45. The fourth-order valence-corrected chi connectivity index (χ4v) is 1.58. The molecular weight excluding hydrogens is 164 g/mol. The van der Waals surface area contributed by atoms with Crippen LogP contribution in [0.4, 0.5) is 5.69 Å². The Morgan fingerprint density at radius 2 is 1.85 bits per heavy atom. The van der Waals surface area contributed by atoms with Crippen molar-refractivity contribution in [1.29, 1.82) is 0 Å². The van der Waals surface area contributed by atoms with E-state index in [1.807, 2.05) is 18.2 Å². The highest BCUT2D eigenvalue weighted by Gasteiger charge is 2.13. The van der Waals surface area contributed by atoms with E-state index in [-0.39, 0.29) is 0 Å². The van der Waals surface area contributed by atoms with Crippen molar-refractivity contribution in [3.63, 3.8) is 0 Å². The number of piperazine rings is 1. The number of nitrogens with zero attached hydrogens (tertiary/aromatic N) is 2. The van der Waals surface area contributed by atoms with Crippen LogP contribution in [0.3, 0.4) is 0 Å². The molecule has 1 aromatic rings. The molecule has 1 N–H and O–H groups in total. The lowest BCUT2D eigenvalue weighted by Crippen LogP contribution is -2.40. The highest BCUT2D eigenvalue weighted by molar-refractivity contribution is 5.57. The lowest BCUT2D eigenvalue weighted by Gasteiger charge is -2.28. The first-order valence-corrected chi connectivity index (χ1v) is 4.54. The van der Waals surface area contributed by atoms with Crippen LogP contribution in [0.15, 0.2) is 24.3 Å². The predicted octanol–water partition coefficient (Wildman–Crippen LogP) is 0.817. The monoisotopic (exact) mass is 177 g/mol. The molecule has 0 unspecified atom stereocenters. The number of aromatic hydroxyl groups is 1. The summed E-state index contributed by atoms with van der Waals surface area (Å²) in [5.74, 6) is 0.365. The van der Waals surface area contributed by atoms with Gasteiger partial charge in [-0.2, -0.15) is 0 Å². The van der Waals surface area contributed by atoms with Crippen molar-refractivity contribution >= 4 is 5.69 Å². The number of phenolic OH excluding ortho intramolecular Hbond substituents is 1. The largest absolute Gasteiger partial charge is 0.506 e. The van der Waals surface area contributed by atoms with E-state index in [1.54, 1.807) is 6.07 Å². The molecule has 1 saturated heterocycles. The van der Waals surface area contributed by atoms with E-state index in [0.29, 0.717) is 5.75 Å². The molecule has 0 saturated carbocycles. The van der Waals surface area contributed by atoms with Gasteiger partial charge in [0.15, 0.2) is 0 Å². The minimum Gasteiger partial charge on any atom is -0.506 e. The van der Waals surface area contributed by atoms with E-state index in [9.17, 15) is 5.11 Å². The van der Waals surface area contributed by atoms with Crippen LogP contribution in [0.25, 0.3) is 0 Å². The van der Waals surface area contributed by atoms with E-state index in [2.05, 4.69) is 10.2 Å². The van der Waals surface area contributed by atoms with Crippen molar-refractivity contribution in [2.24, 2.45) is 0 Å². The number of benzene rings is 1. The van der Waals surface area contributed by atoms with Gasteiger partial charge >= 0.3 is 0 Å². The van der Waals surface area contributed by atoms with Gasteiger partial charge in [0.1, 0.15) is 5.75 Å². The summed E-state index contributed by atoms with van der Waals surface area (Å²) < 4.78 is 0. The molecule has 3 nitrogen and oxygen atoms in total. The molecule has 2 rings (SSSR count). The Morgan fingerprint density at radius 3 is 2.54 bits per heavy atom. The summed E-state index contributed by atoms with van der Waals surface area (Å²) in [4.78, 5) is 2.17. The number of para-hydroxylation sites is 2. The number of hydrogen-bond donors (Lipinski definition) is 1. The number of phenols is 1. The van der Waals surface area contributed by atoms with Crippen LogP contribution < -0.4 is 10.2 Å². The van der Waals surface area contributed by atoms with Gasteiger partial charge in [-0.25, -0.2) is 5.32 Å². The molecule has 0 amide bonds. The van der Waals surface area contributed by atoms with E-state index in [0.717, 1.165) is 31.9 Å². The first-order valence-electron chi connectivity index (χ1n) is 4.54. The Kier molecular flexibility index (Phi) is 2.36. The molecule has 0 atom stereocenters. The van der Waals surface area contributed by atoms with Gasteiger partial charge < -0.3 is 10.0 Å². The third-order valence-corrected chi connectivity index (χ3v) is 2.28. The molecule has 1 heterocycles. The standard InChI is InChI=1S/C10H13N2O/c13-10-4-2-1-3-9(10)12-7-5-11-6-8-12/h1-4,13H,5-8H2. The van der Waals surface area contributed by atoms with Crippen molar-refractivity contribution in [3.8, 4) is 5.75 Å². The van der Waals surface area contributed by atoms with Crippen LogP contribution in [-0.2, 0) is 0 Å². The number of anilines is 1. The molecule has 1 aliphatic heterocycles. The van der Waals surface area contributed by atoms with Crippen LogP contribution in [0.5, 0.6) is 5.75 Å². The summed E-state index contributed by atoms with van der Waals surface area (Å²) in [6.07, 6.45) is 0. The van der Waals surface area contributed by atoms with Crippen molar-refractivity contribution in [3.05, 3.63) is 24.3 Å². The molecule has 0 spiro atoms. The molecule has 1 fully saturated rings. The van der Waals surface area contributed by atoms with Crippen molar-refractivity contribution in [2.45, 2.75) is 0 Å². The second-order valence-electron chi connectivity index (χ2n) is 3.15. The Hall–Kier alpha value is -1.22. The van der Waals surface area contributed by atoms with E-state index < -0.39 is 0 Å². The van der Waals surface area contributed by atoms with Crippen LogP contribution in [0, 0.1) is 0 Å². The number of rotatable bonds is 1. The summed E-state index contributed by atoms with van der Waals surface area (Å²) in [5.41, 5.74) is 0.928. The van der Waals surface area contributed by atoms with Gasteiger partial charge in [0.25, 0.3) is 0 Å². The van der Waals surface area contributed by atoms with E-state index in [4.69, 9.17) is 0 Å². The SMILES string of the molecule is Oc1ccccc1N1CC[N]CC1. The zero-order chi connectivity index (χ0) is 9.10. The predicted molar refractivity (Wildman–Crippen MR) is 52.2 cm³/mol. The molecule has 1 aromatic carbocycles. The topological polar surface area (TPSA) is 37.6 Å². The minimum atomic E-state index is 0.365. The average molecular weight is 177 g/mol. The third-order valence-electron chi connectivity index (χ3n) is 2.28. The third kappa shape index (κ3) is 1.75. The van der Waals surface area contributed by atoms with Crippen molar-refractivity contribution < 1.29 is 5.11 Å². The lowest BCUT2D eigenvalue weighted by atomic mass is 10.2. The van der Waals surface area contributed by atoms with E-state index >= 15 is 0 Å². The van der Waals surface area contributed by atoms with Crippen LogP contribution in [0.2, 0.25) is 0 Å². The average Bonchev–Trinajstić information content (AvgIpc) is 2.20. The van der Waals surface area contributed by atoms with Gasteiger partial charge in [-0.15, -0.1) is 0 Å².